The molecule has 0 aromatic heterocycles. The van der Waals surface area contributed by atoms with Crippen molar-refractivity contribution in [1.29, 1.82) is 0 Å². The minimum Gasteiger partial charge on any atom is -0.504 e. The van der Waals surface area contributed by atoms with Gasteiger partial charge in [0.15, 0.2) is 5.78 Å². The Bertz CT molecular complexity index is 698. The molecule has 1 fully saturated rings. The van der Waals surface area contributed by atoms with Gasteiger partial charge in [0.2, 0.25) is 0 Å². The molecular formula is C21H23NO2. The minimum absolute atomic E-state index is 0.206. The molecule has 24 heavy (non-hydrogen) atoms. The van der Waals surface area contributed by atoms with Crippen LogP contribution in [0.25, 0.3) is 5.57 Å². The van der Waals surface area contributed by atoms with Gasteiger partial charge in [0.25, 0.3) is 0 Å². The smallest absolute Gasteiger partial charge is 0.164 e. The Morgan fingerprint density at radius 2 is 1.75 bits per heavy atom. The Labute approximate surface area is 143 Å². The number of Topliss-reactive ketones (excluding diaryl/α,β-unsaturated/α-hetero) is 1. The first-order valence-corrected chi connectivity index (χ1v) is 8.43. The number of carbonyl (C=O) groups excluding carboxylic acids is 1. The zero-order chi connectivity index (χ0) is 16.8. The topological polar surface area (TPSA) is 38.3 Å². The number of carbonyl (C=O) groups is 1. The number of hydrogen-bond acceptors (Lipinski definition) is 3. The van der Waals surface area contributed by atoms with Crippen LogP contribution in [0.4, 0.5) is 0 Å². The third-order valence-corrected chi connectivity index (χ3v) is 4.43. The van der Waals surface area contributed by atoms with Crippen LogP contribution in [-0.2, 0) is 4.74 Å². The van der Waals surface area contributed by atoms with Crippen LogP contribution in [-0.4, -0.2) is 25.5 Å². The van der Waals surface area contributed by atoms with Crippen molar-refractivity contribution in [3.63, 3.8) is 0 Å². The maximum atomic E-state index is 12.4. The molecular weight excluding hydrogens is 298 g/mol. The first-order chi connectivity index (χ1) is 11.8. The second kappa shape index (κ2) is 7.93. The highest BCUT2D eigenvalue weighted by atomic mass is 16.5. The van der Waals surface area contributed by atoms with Crippen molar-refractivity contribution >= 4 is 11.4 Å². The van der Waals surface area contributed by atoms with Gasteiger partial charge in [-0.25, -0.2) is 0 Å². The zero-order valence-corrected chi connectivity index (χ0v) is 14.0. The summed E-state index contributed by atoms with van der Waals surface area (Å²) in [6.45, 7) is 1.03. The summed E-state index contributed by atoms with van der Waals surface area (Å²) >= 11 is 0. The van der Waals surface area contributed by atoms with Gasteiger partial charge < -0.3 is 10.1 Å². The minimum atomic E-state index is 0.206. The molecule has 1 saturated heterocycles. The van der Waals surface area contributed by atoms with Gasteiger partial charge in [-0.2, -0.15) is 0 Å². The van der Waals surface area contributed by atoms with E-state index < -0.39 is 0 Å². The van der Waals surface area contributed by atoms with Gasteiger partial charge in [0.1, 0.15) is 0 Å². The van der Waals surface area contributed by atoms with Crippen LogP contribution in [0, 0.1) is 0 Å². The summed E-state index contributed by atoms with van der Waals surface area (Å²) in [5.41, 5.74) is 3.92. The molecule has 0 radical (unpaired) electrons. The predicted molar refractivity (Wildman–Crippen MR) is 96.9 cm³/mol. The van der Waals surface area contributed by atoms with E-state index in [1.807, 2.05) is 42.5 Å². The quantitative estimate of drug-likeness (QED) is 0.644. The first-order valence-electron chi connectivity index (χ1n) is 8.43. The van der Waals surface area contributed by atoms with E-state index >= 15 is 0 Å². The van der Waals surface area contributed by atoms with Crippen LogP contribution < -0.4 is 5.32 Å². The van der Waals surface area contributed by atoms with Crippen molar-refractivity contribution in [3.05, 3.63) is 77.5 Å². The lowest BCUT2D eigenvalue weighted by molar-refractivity contribution is 0.0971. The second-order valence-electron chi connectivity index (χ2n) is 6.13. The van der Waals surface area contributed by atoms with E-state index in [4.69, 9.17) is 4.74 Å². The van der Waals surface area contributed by atoms with Crippen LogP contribution in [0.1, 0.15) is 40.7 Å². The highest BCUT2D eigenvalue weighted by molar-refractivity contribution is 5.97. The fraction of sp³-hybridized carbons (Fsp3) is 0.286. The van der Waals surface area contributed by atoms with Crippen molar-refractivity contribution in [2.75, 3.05) is 13.7 Å². The van der Waals surface area contributed by atoms with Gasteiger partial charge in [-0.3, -0.25) is 4.79 Å². The Hall–Kier alpha value is -2.39. The molecule has 0 saturated carbocycles. The molecule has 1 atom stereocenters. The highest BCUT2D eigenvalue weighted by Gasteiger charge is 2.18. The van der Waals surface area contributed by atoms with Gasteiger partial charge in [0, 0.05) is 23.6 Å². The Balaban J connectivity index is 1.77. The molecule has 1 heterocycles. The number of rotatable bonds is 6. The Morgan fingerprint density at radius 1 is 1.08 bits per heavy atom. The summed E-state index contributed by atoms with van der Waals surface area (Å²) < 4.78 is 5.24. The van der Waals surface area contributed by atoms with Crippen LogP contribution in [0.15, 0.2) is 60.9 Å². The normalized spacial score (nSPS) is 17.7. The van der Waals surface area contributed by atoms with Gasteiger partial charge >= 0.3 is 0 Å². The molecule has 1 N–H and O–H groups in total. The summed E-state index contributed by atoms with van der Waals surface area (Å²) in [6, 6.07) is 18.3. The Kier molecular flexibility index (Phi) is 5.44. The number of ketones is 1. The summed E-state index contributed by atoms with van der Waals surface area (Å²) in [4.78, 5) is 12.4. The molecule has 2 aromatic rings. The Morgan fingerprint density at radius 3 is 2.38 bits per heavy atom. The third kappa shape index (κ3) is 3.92. The largest absolute Gasteiger partial charge is 0.504 e. The highest BCUT2D eigenvalue weighted by Crippen LogP contribution is 2.24. The summed E-state index contributed by atoms with van der Waals surface area (Å²) in [5, 5.41) is 3.38. The van der Waals surface area contributed by atoms with E-state index in [0.717, 1.165) is 35.2 Å². The predicted octanol–water partition coefficient (Wildman–Crippen LogP) is 4.05. The summed E-state index contributed by atoms with van der Waals surface area (Å²) in [5.74, 6) is 0.206. The molecule has 0 bridgehead atoms. The number of methoxy groups -OCH3 is 1. The number of nitrogens with one attached hydrogen (secondary N) is 1. The van der Waals surface area contributed by atoms with Gasteiger partial charge in [0.05, 0.1) is 13.4 Å². The second-order valence-corrected chi connectivity index (χ2v) is 6.13. The molecule has 3 rings (SSSR count). The molecule has 2 aromatic carbocycles. The van der Waals surface area contributed by atoms with Crippen LogP contribution in [0.2, 0.25) is 0 Å². The lowest BCUT2D eigenvalue weighted by Crippen LogP contribution is -2.24. The van der Waals surface area contributed by atoms with Gasteiger partial charge in [-0.15, -0.1) is 0 Å². The van der Waals surface area contributed by atoms with E-state index in [-0.39, 0.29) is 5.78 Å². The lowest BCUT2D eigenvalue weighted by atomic mass is 9.96. The zero-order valence-electron chi connectivity index (χ0n) is 14.0. The monoisotopic (exact) mass is 321 g/mol. The molecule has 0 amide bonds. The maximum Gasteiger partial charge on any atom is 0.164 e. The fourth-order valence-electron chi connectivity index (χ4n) is 3.15. The van der Waals surface area contributed by atoms with Crippen LogP contribution in [0.3, 0.4) is 0 Å². The van der Waals surface area contributed by atoms with E-state index in [1.54, 1.807) is 13.4 Å². The van der Waals surface area contributed by atoms with E-state index in [9.17, 15) is 4.79 Å². The average Bonchev–Trinajstić information content (AvgIpc) is 3.13. The van der Waals surface area contributed by atoms with Crippen molar-refractivity contribution in [2.24, 2.45) is 0 Å². The van der Waals surface area contributed by atoms with Crippen molar-refractivity contribution < 1.29 is 9.53 Å². The molecule has 3 nitrogen and oxygen atoms in total. The van der Waals surface area contributed by atoms with Crippen LogP contribution >= 0.6 is 0 Å². The number of benzene rings is 2. The number of hydrogen-bond donors (Lipinski definition) is 1. The number of ether oxygens (including phenoxy) is 1. The first kappa shape index (κ1) is 16.5. The third-order valence-electron chi connectivity index (χ3n) is 4.43. The van der Waals surface area contributed by atoms with E-state index in [2.05, 4.69) is 17.4 Å². The molecule has 3 heteroatoms. The standard InChI is InChI=1S/C21H23NO2/c1-24-15-20(16-6-3-2-4-7-16)17-9-11-18(12-10-17)21(23)14-19-8-5-13-22-19/h2-4,6-7,9-12,15,19,22H,5,8,13-14H2,1H3. The SMILES string of the molecule is COC=C(c1ccccc1)c1ccc(C(=O)CC2CCCN2)cc1. The maximum absolute atomic E-state index is 12.4. The van der Waals surface area contributed by atoms with Crippen molar-refractivity contribution in [1.82, 2.24) is 5.32 Å². The van der Waals surface area contributed by atoms with Gasteiger partial charge in [-0.05, 0) is 30.5 Å². The van der Waals surface area contributed by atoms with Gasteiger partial charge in [-0.1, -0.05) is 54.6 Å². The van der Waals surface area contributed by atoms with E-state index in [1.165, 1.54) is 6.42 Å². The fourth-order valence-corrected chi connectivity index (χ4v) is 3.15. The van der Waals surface area contributed by atoms with E-state index in [0.29, 0.717) is 12.5 Å². The van der Waals surface area contributed by atoms with Crippen molar-refractivity contribution in [3.8, 4) is 0 Å². The molecule has 1 unspecified atom stereocenters. The molecule has 1 aliphatic rings. The molecule has 0 aliphatic carbocycles. The summed E-state index contributed by atoms with van der Waals surface area (Å²) in [6.07, 6.45) is 4.59. The lowest BCUT2D eigenvalue weighted by Gasteiger charge is -2.11. The molecule has 1 aliphatic heterocycles. The molecule has 0 spiro atoms. The van der Waals surface area contributed by atoms with Crippen LogP contribution in [0.5, 0.6) is 0 Å². The average molecular weight is 321 g/mol. The molecule has 124 valence electrons. The van der Waals surface area contributed by atoms with Crippen molar-refractivity contribution in [2.45, 2.75) is 25.3 Å². The summed E-state index contributed by atoms with van der Waals surface area (Å²) in [7, 11) is 1.65.